The molecule has 2 rings (SSSR count). The van der Waals surface area contributed by atoms with Crippen LogP contribution in [0.1, 0.15) is 21.5 Å². The van der Waals surface area contributed by atoms with Crippen LogP contribution in [0, 0.1) is 0 Å². The van der Waals surface area contributed by atoms with Gasteiger partial charge in [-0.15, -0.1) is 0 Å². The van der Waals surface area contributed by atoms with Gasteiger partial charge in [-0.2, -0.15) is 13.2 Å². The fourth-order valence-electron chi connectivity index (χ4n) is 1.58. The van der Waals surface area contributed by atoms with Gasteiger partial charge in [-0.25, -0.2) is 4.98 Å². The molecule has 2 aromatic rings. The van der Waals surface area contributed by atoms with E-state index in [1.807, 2.05) is 0 Å². The first-order chi connectivity index (χ1) is 9.86. The van der Waals surface area contributed by atoms with E-state index in [0.29, 0.717) is 10.7 Å². The second kappa shape index (κ2) is 6.10. The van der Waals surface area contributed by atoms with Crippen LogP contribution in [0.15, 0.2) is 48.7 Å². The predicted molar refractivity (Wildman–Crippen MR) is 74.1 cm³/mol. The molecular formula is C15H9ClF3NO. The van der Waals surface area contributed by atoms with Gasteiger partial charge in [-0.3, -0.25) is 4.79 Å². The molecule has 0 saturated carbocycles. The first-order valence-electron chi connectivity index (χ1n) is 5.87. The standard InChI is InChI=1S/C15H9ClF3NO/c16-14-8-2-10(9-20-14)1-7-13(21)11-3-5-12(6-4-11)15(17,18)19/h1-9H/b7-1+. The molecule has 108 valence electrons. The average molecular weight is 312 g/mol. The topological polar surface area (TPSA) is 30.0 Å². The van der Waals surface area contributed by atoms with Crippen molar-refractivity contribution in [1.29, 1.82) is 0 Å². The summed E-state index contributed by atoms with van der Waals surface area (Å²) >= 11 is 5.63. The summed E-state index contributed by atoms with van der Waals surface area (Å²) in [6.07, 6.45) is -0.137. The van der Waals surface area contributed by atoms with Crippen LogP contribution in [-0.4, -0.2) is 10.8 Å². The number of carbonyl (C=O) groups is 1. The highest BCUT2D eigenvalue weighted by Crippen LogP contribution is 2.29. The van der Waals surface area contributed by atoms with Crippen molar-refractivity contribution in [3.05, 3.63) is 70.5 Å². The molecule has 0 unspecified atom stereocenters. The number of ketones is 1. The van der Waals surface area contributed by atoms with Crippen LogP contribution in [0.5, 0.6) is 0 Å². The summed E-state index contributed by atoms with van der Waals surface area (Å²) in [5.41, 5.74) is 0.0609. The van der Waals surface area contributed by atoms with Crippen molar-refractivity contribution in [3.8, 4) is 0 Å². The van der Waals surface area contributed by atoms with Crippen LogP contribution >= 0.6 is 11.6 Å². The summed E-state index contributed by atoms with van der Waals surface area (Å²) in [6.45, 7) is 0. The third-order valence-electron chi connectivity index (χ3n) is 2.67. The SMILES string of the molecule is O=C(/C=C/c1ccc(Cl)nc1)c1ccc(C(F)(F)F)cc1. The fourth-order valence-corrected chi connectivity index (χ4v) is 1.69. The van der Waals surface area contributed by atoms with Crippen molar-refractivity contribution in [2.45, 2.75) is 6.18 Å². The quantitative estimate of drug-likeness (QED) is 0.469. The lowest BCUT2D eigenvalue weighted by Crippen LogP contribution is -2.05. The van der Waals surface area contributed by atoms with Crippen molar-refractivity contribution in [3.63, 3.8) is 0 Å². The van der Waals surface area contributed by atoms with E-state index in [1.165, 1.54) is 18.3 Å². The van der Waals surface area contributed by atoms with E-state index >= 15 is 0 Å². The Hall–Kier alpha value is -2.14. The van der Waals surface area contributed by atoms with E-state index in [1.54, 1.807) is 12.1 Å². The van der Waals surface area contributed by atoms with Gasteiger partial charge in [0, 0.05) is 11.8 Å². The second-order valence-corrected chi connectivity index (χ2v) is 4.57. The van der Waals surface area contributed by atoms with Gasteiger partial charge in [-0.05, 0) is 35.9 Å². The second-order valence-electron chi connectivity index (χ2n) is 4.19. The molecule has 0 amide bonds. The maximum atomic E-state index is 12.4. The summed E-state index contributed by atoms with van der Waals surface area (Å²) in [5.74, 6) is -0.390. The van der Waals surface area contributed by atoms with Gasteiger partial charge in [0.2, 0.25) is 0 Å². The number of nitrogens with zero attached hydrogens (tertiary/aromatic N) is 1. The number of halogens is 4. The van der Waals surface area contributed by atoms with Crippen molar-refractivity contribution in [2.75, 3.05) is 0 Å². The van der Waals surface area contributed by atoms with Crippen molar-refractivity contribution < 1.29 is 18.0 Å². The number of hydrogen-bond donors (Lipinski definition) is 0. The minimum Gasteiger partial charge on any atom is -0.289 e. The van der Waals surface area contributed by atoms with Crippen LogP contribution in [0.25, 0.3) is 6.08 Å². The third kappa shape index (κ3) is 4.16. The number of alkyl halides is 3. The Morgan fingerprint density at radius 1 is 1.10 bits per heavy atom. The van der Waals surface area contributed by atoms with Crippen LogP contribution in [0.2, 0.25) is 5.15 Å². The average Bonchev–Trinajstić information content (AvgIpc) is 2.45. The molecule has 0 bridgehead atoms. The summed E-state index contributed by atoms with van der Waals surface area (Å²) in [4.78, 5) is 15.7. The maximum Gasteiger partial charge on any atom is 0.416 e. The van der Waals surface area contributed by atoms with Crippen molar-refractivity contribution in [1.82, 2.24) is 4.98 Å². The Morgan fingerprint density at radius 2 is 1.76 bits per heavy atom. The number of allylic oxidation sites excluding steroid dienone is 1. The molecule has 1 aromatic carbocycles. The molecule has 1 heterocycles. The summed E-state index contributed by atoms with van der Waals surface area (Å²) < 4.78 is 37.2. The zero-order valence-corrected chi connectivity index (χ0v) is 11.3. The number of rotatable bonds is 3. The normalized spacial score (nSPS) is 11.8. The molecule has 0 N–H and O–H groups in total. The summed E-state index contributed by atoms with van der Waals surface area (Å²) in [5, 5.41) is 0.334. The van der Waals surface area contributed by atoms with E-state index in [4.69, 9.17) is 11.6 Å². The van der Waals surface area contributed by atoms with Gasteiger partial charge in [0.15, 0.2) is 5.78 Å². The highest BCUT2D eigenvalue weighted by atomic mass is 35.5. The molecular weight excluding hydrogens is 303 g/mol. The molecule has 1 aromatic heterocycles. The Bertz CT molecular complexity index is 661. The molecule has 0 aliphatic rings. The van der Waals surface area contributed by atoms with Gasteiger partial charge in [0.05, 0.1) is 5.56 Å². The Morgan fingerprint density at radius 3 is 2.29 bits per heavy atom. The van der Waals surface area contributed by atoms with Gasteiger partial charge >= 0.3 is 6.18 Å². The van der Waals surface area contributed by atoms with Gasteiger partial charge < -0.3 is 0 Å². The predicted octanol–water partition coefficient (Wildman–Crippen LogP) is 4.65. The van der Waals surface area contributed by atoms with Gasteiger partial charge in [-0.1, -0.05) is 29.8 Å². The van der Waals surface area contributed by atoms with E-state index in [0.717, 1.165) is 24.3 Å². The molecule has 6 heteroatoms. The van der Waals surface area contributed by atoms with Crippen LogP contribution in [0.4, 0.5) is 13.2 Å². The van der Waals surface area contributed by atoms with Crippen molar-refractivity contribution in [2.24, 2.45) is 0 Å². The lowest BCUT2D eigenvalue weighted by atomic mass is 10.1. The number of carbonyl (C=O) groups excluding carboxylic acids is 1. The Balaban J connectivity index is 2.11. The zero-order valence-electron chi connectivity index (χ0n) is 10.6. The first kappa shape index (κ1) is 15.3. The molecule has 0 atom stereocenters. The fraction of sp³-hybridized carbons (Fsp3) is 0.0667. The summed E-state index contributed by atoms with van der Waals surface area (Å²) in [6, 6.07) is 7.30. The van der Waals surface area contributed by atoms with Crippen molar-refractivity contribution >= 4 is 23.5 Å². The van der Waals surface area contributed by atoms with Crippen LogP contribution in [0.3, 0.4) is 0 Å². The number of hydrogen-bond acceptors (Lipinski definition) is 2. The first-order valence-corrected chi connectivity index (χ1v) is 6.25. The van der Waals surface area contributed by atoms with E-state index in [2.05, 4.69) is 4.98 Å². The Labute approximate surface area is 123 Å². The molecule has 2 nitrogen and oxygen atoms in total. The lowest BCUT2D eigenvalue weighted by molar-refractivity contribution is -0.137. The van der Waals surface area contributed by atoms with E-state index < -0.39 is 17.5 Å². The van der Waals surface area contributed by atoms with Crippen LogP contribution < -0.4 is 0 Å². The lowest BCUT2D eigenvalue weighted by Gasteiger charge is -2.06. The molecule has 0 fully saturated rings. The number of benzene rings is 1. The summed E-state index contributed by atoms with van der Waals surface area (Å²) in [7, 11) is 0. The molecule has 21 heavy (non-hydrogen) atoms. The largest absolute Gasteiger partial charge is 0.416 e. The monoisotopic (exact) mass is 311 g/mol. The molecule has 0 aliphatic heterocycles. The minimum atomic E-state index is -4.41. The van der Waals surface area contributed by atoms with Gasteiger partial charge in [0.25, 0.3) is 0 Å². The smallest absolute Gasteiger partial charge is 0.289 e. The number of aromatic nitrogens is 1. The van der Waals surface area contributed by atoms with Gasteiger partial charge in [0.1, 0.15) is 5.15 Å². The Kier molecular flexibility index (Phi) is 4.43. The maximum absolute atomic E-state index is 12.4. The number of pyridine rings is 1. The zero-order chi connectivity index (χ0) is 15.5. The van der Waals surface area contributed by atoms with E-state index in [-0.39, 0.29) is 5.56 Å². The minimum absolute atomic E-state index is 0.182. The molecule has 0 spiro atoms. The van der Waals surface area contributed by atoms with E-state index in [9.17, 15) is 18.0 Å². The van der Waals surface area contributed by atoms with Crippen LogP contribution in [-0.2, 0) is 6.18 Å². The molecule has 0 aliphatic carbocycles. The highest BCUT2D eigenvalue weighted by molar-refractivity contribution is 6.29. The molecule has 0 saturated heterocycles. The highest BCUT2D eigenvalue weighted by Gasteiger charge is 2.30. The third-order valence-corrected chi connectivity index (χ3v) is 2.90. The molecule has 0 radical (unpaired) electrons.